The number of anilines is 1. The molecule has 4 rings (SSSR count). The Morgan fingerprint density at radius 3 is 2.63 bits per heavy atom. The van der Waals surface area contributed by atoms with Crippen molar-refractivity contribution in [2.45, 2.75) is 55.7 Å². The first-order chi connectivity index (χ1) is 16.6. The van der Waals surface area contributed by atoms with Gasteiger partial charge in [-0.25, -0.2) is 0 Å². The molecule has 3 saturated heterocycles. The van der Waals surface area contributed by atoms with Crippen molar-refractivity contribution < 1.29 is 24.6 Å². The Balaban J connectivity index is 1.88. The van der Waals surface area contributed by atoms with Gasteiger partial charge in [-0.15, -0.1) is 18.3 Å². The molecule has 0 aliphatic carbocycles. The van der Waals surface area contributed by atoms with E-state index in [1.165, 1.54) is 21.6 Å². The lowest BCUT2D eigenvalue weighted by Gasteiger charge is -2.42. The Hall–Kier alpha value is -2.03. The minimum atomic E-state index is -0.999. The SMILES string of the molecule is C=CCN(C(=O)C1N([C@@H](CO)CC(C)C)C(=O)[C@@H]2[C@@H](C(=O)O)[C@H]3CC(C)C12S3)c1ccccc1Cl. The number of fused-ring (bicyclic) bond motifs is 1. The normalized spacial score (nSPS) is 32.1. The largest absolute Gasteiger partial charge is 0.481 e. The van der Waals surface area contributed by atoms with E-state index in [1.807, 2.05) is 20.8 Å². The number of benzene rings is 1. The van der Waals surface area contributed by atoms with Gasteiger partial charge in [0.1, 0.15) is 6.04 Å². The van der Waals surface area contributed by atoms with Gasteiger partial charge in [-0.2, -0.15) is 0 Å². The average molecular weight is 521 g/mol. The molecule has 7 atom stereocenters. The third-order valence-electron chi connectivity index (χ3n) is 7.77. The molecule has 0 aromatic heterocycles. The number of nitrogens with zero attached hydrogens (tertiary/aromatic N) is 2. The minimum absolute atomic E-state index is 0.0452. The summed E-state index contributed by atoms with van der Waals surface area (Å²) in [6, 6.07) is 5.52. The summed E-state index contributed by atoms with van der Waals surface area (Å²) in [6.07, 6.45) is 2.74. The summed E-state index contributed by atoms with van der Waals surface area (Å²) >= 11 is 7.97. The van der Waals surface area contributed by atoms with Gasteiger partial charge in [0, 0.05) is 11.8 Å². The van der Waals surface area contributed by atoms with Crippen LogP contribution in [0.1, 0.15) is 33.6 Å². The highest BCUT2D eigenvalue weighted by Crippen LogP contribution is 2.69. The maximum atomic E-state index is 14.5. The fourth-order valence-electron chi connectivity index (χ4n) is 6.49. The molecule has 3 heterocycles. The predicted octanol–water partition coefficient (Wildman–Crippen LogP) is 3.69. The van der Waals surface area contributed by atoms with Crippen molar-refractivity contribution in [3.63, 3.8) is 0 Å². The lowest BCUT2D eigenvalue weighted by molar-refractivity contribution is -0.149. The molecule has 0 radical (unpaired) electrons. The van der Waals surface area contributed by atoms with Crippen LogP contribution < -0.4 is 4.90 Å². The maximum absolute atomic E-state index is 14.5. The van der Waals surface area contributed by atoms with E-state index in [1.54, 1.807) is 30.3 Å². The minimum Gasteiger partial charge on any atom is -0.481 e. The number of thioether (sulfide) groups is 1. The number of amides is 2. The second-order valence-electron chi connectivity index (χ2n) is 10.3. The molecule has 7 nitrogen and oxygen atoms in total. The number of rotatable bonds is 9. The van der Waals surface area contributed by atoms with E-state index in [9.17, 15) is 24.6 Å². The highest BCUT2D eigenvalue weighted by atomic mass is 35.5. The van der Waals surface area contributed by atoms with Crippen LogP contribution in [0.2, 0.25) is 5.02 Å². The van der Waals surface area contributed by atoms with Crippen LogP contribution in [0.5, 0.6) is 0 Å². The lowest BCUT2D eigenvalue weighted by atomic mass is 9.66. The summed E-state index contributed by atoms with van der Waals surface area (Å²) in [5.41, 5.74) is 0.510. The number of carbonyl (C=O) groups is 3. The van der Waals surface area contributed by atoms with Crippen molar-refractivity contribution in [3.8, 4) is 0 Å². The molecular weight excluding hydrogens is 488 g/mol. The first kappa shape index (κ1) is 26.0. The standard InChI is InChI=1S/C26H33ClN2O5S/c1-5-10-28(18-9-7-6-8-17(18)27)24(32)22-26-15(4)12-19(35-26)20(25(33)34)21(26)23(31)29(22)16(13-30)11-14(2)3/h5-9,14-16,19-22,30H,1,10-13H2,2-4H3,(H,33,34)/t15?,16-,19-,20+,21+,22?,26?/m1/s1. The summed E-state index contributed by atoms with van der Waals surface area (Å²) in [6.45, 7) is 9.70. The number of hydrogen-bond acceptors (Lipinski definition) is 5. The Bertz CT molecular complexity index is 1030. The molecular formula is C26H33ClN2O5S. The van der Waals surface area contributed by atoms with Gasteiger partial charge < -0.3 is 20.0 Å². The van der Waals surface area contributed by atoms with E-state index in [2.05, 4.69) is 6.58 Å². The molecule has 1 aromatic carbocycles. The molecule has 1 spiro atoms. The maximum Gasteiger partial charge on any atom is 0.308 e. The first-order valence-electron chi connectivity index (χ1n) is 12.1. The Kier molecular flexibility index (Phi) is 7.28. The molecule has 2 amide bonds. The topological polar surface area (TPSA) is 98.2 Å². The van der Waals surface area contributed by atoms with Crippen LogP contribution in [0.25, 0.3) is 0 Å². The third kappa shape index (κ3) is 3.98. The number of carboxylic acid groups (broad SMARTS) is 1. The van der Waals surface area contributed by atoms with Crippen molar-refractivity contribution in [1.82, 2.24) is 4.90 Å². The second kappa shape index (κ2) is 9.79. The number of likely N-dealkylation sites (tertiary alicyclic amines) is 1. The van der Waals surface area contributed by atoms with Gasteiger partial charge in [-0.05, 0) is 36.8 Å². The highest BCUT2D eigenvalue weighted by molar-refractivity contribution is 8.02. The van der Waals surface area contributed by atoms with Gasteiger partial charge in [0.15, 0.2) is 0 Å². The number of aliphatic carboxylic acids is 1. The summed E-state index contributed by atoms with van der Waals surface area (Å²) in [5.74, 6) is -3.20. The summed E-state index contributed by atoms with van der Waals surface area (Å²) in [5, 5.41) is 20.6. The number of aliphatic hydroxyl groups is 1. The monoisotopic (exact) mass is 520 g/mol. The first-order valence-corrected chi connectivity index (χ1v) is 13.4. The fourth-order valence-corrected chi connectivity index (χ4v) is 9.12. The van der Waals surface area contributed by atoms with E-state index < -0.39 is 34.6 Å². The second-order valence-corrected chi connectivity index (χ2v) is 12.2. The van der Waals surface area contributed by atoms with Crippen molar-refractivity contribution >= 4 is 46.8 Å². The van der Waals surface area contributed by atoms with E-state index in [0.29, 0.717) is 23.6 Å². The number of aliphatic hydroxyl groups excluding tert-OH is 1. The van der Waals surface area contributed by atoms with Crippen LogP contribution >= 0.6 is 23.4 Å². The smallest absolute Gasteiger partial charge is 0.308 e. The summed E-state index contributed by atoms with van der Waals surface area (Å²) in [4.78, 5) is 43.9. The number of carboxylic acids is 1. The van der Waals surface area contributed by atoms with Crippen molar-refractivity contribution in [1.29, 1.82) is 0 Å². The van der Waals surface area contributed by atoms with Crippen molar-refractivity contribution in [3.05, 3.63) is 41.9 Å². The molecule has 3 fully saturated rings. The van der Waals surface area contributed by atoms with E-state index in [4.69, 9.17) is 11.6 Å². The van der Waals surface area contributed by atoms with Crippen molar-refractivity contribution in [2.24, 2.45) is 23.7 Å². The summed E-state index contributed by atoms with van der Waals surface area (Å²) in [7, 11) is 0. The van der Waals surface area contributed by atoms with Crippen LogP contribution in [-0.4, -0.2) is 68.1 Å². The zero-order valence-electron chi connectivity index (χ0n) is 20.3. The van der Waals surface area contributed by atoms with Crippen LogP contribution in [0.4, 0.5) is 5.69 Å². The van der Waals surface area contributed by atoms with E-state index in [0.717, 1.165) is 0 Å². The van der Waals surface area contributed by atoms with Gasteiger partial charge >= 0.3 is 5.97 Å². The molecule has 2 N–H and O–H groups in total. The number of halogens is 1. The third-order valence-corrected chi connectivity index (χ3v) is 10.2. The van der Waals surface area contributed by atoms with Gasteiger partial charge in [-0.3, -0.25) is 14.4 Å². The zero-order chi connectivity index (χ0) is 25.7. The zero-order valence-corrected chi connectivity index (χ0v) is 21.8. The Morgan fingerprint density at radius 1 is 1.37 bits per heavy atom. The molecule has 35 heavy (non-hydrogen) atoms. The predicted molar refractivity (Wildman–Crippen MR) is 137 cm³/mol. The highest BCUT2D eigenvalue weighted by Gasteiger charge is 2.77. The van der Waals surface area contributed by atoms with Gasteiger partial charge in [0.2, 0.25) is 5.91 Å². The van der Waals surface area contributed by atoms with Crippen LogP contribution in [0.3, 0.4) is 0 Å². The van der Waals surface area contributed by atoms with Crippen LogP contribution in [0, 0.1) is 23.7 Å². The number of hydrogen-bond donors (Lipinski definition) is 2. The Morgan fingerprint density at radius 2 is 2.06 bits per heavy atom. The van der Waals surface area contributed by atoms with Crippen LogP contribution in [0.15, 0.2) is 36.9 Å². The quantitative estimate of drug-likeness (QED) is 0.482. The molecule has 0 saturated carbocycles. The number of carbonyl (C=O) groups excluding carboxylic acids is 2. The molecule has 1 aromatic rings. The average Bonchev–Trinajstić information content (AvgIpc) is 3.39. The molecule has 3 aliphatic rings. The van der Waals surface area contributed by atoms with Crippen LogP contribution in [-0.2, 0) is 14.4 Å². The summed E-state index contributed by atoms with van der Waals surface area (Å²) < 4.78 is -0.882. The van der Waals surface area contributed by atoms with Gasteiger partial charge in [0.25, 0.3) is 5.91 Å². The molecule has 2 bridgehead atoms. The lowest BCUT2D eigenvalue weighted by Crippen LogP contribution is -2.59. The van der Waals surface area contributed by atoms with Crippen molar-refractivity contribution in [2.75, 3.05) is 18.1 Å². The van der Waals surface area contributed by atoms with Gasteiger partial charge in [0.05, 0.1) is 39.9 Å². The molecule has 190 valence electrons. The fraction of sp³-hybridized carbons (Fsp3) is 0.577. The number of para-hydroxylation sites is 1. The van der Waals surface area contributed by atoms with Gasteiger partial charge in [-0.1, -0.05) is 50.6 Å². The Labute approximate surface area is 215 Å². The van der Waals surface area contributed by atoms with E-state index in [-0.39, 0.29) is 42.1 Å². The molecule has 9 heteroatoms. The molecule has 3 aliphatic heterocycles. The molecule has 3 unspecified atom stereocenters. The van der Waals surface area contributed by atoms with E-state index >= 15 is 0 Å².